The number of nitrogens with zero attached hydrogens (tertiary/aromatic N) is 2. The molecule has 2 N–H and O–H groups in total. The van der Waals surface area contributed by atoms with Crippen molar-refractivity contribution < 1.29 is 34.2 Å². The summed E-state index contributed by atoms with van der Waals surface area (Å²) in [6.45, 7) is 1.20. The number of hydrogen-bond donors (Lipinski definition) is 2. The Morgan fingerprint density at radius 2 is 1.79 bits per heavy atom. The third-order valence-electron chi connectivity index (χ3n) is 4.14. The number of carbonyl (C=O) groups is 5. The summed E-state index contributed by atoms with van der Waals surface area (Å²) < 4.78 is -0.173. The van der Waals surface area contributed by atoms with Gasteiger partial charge in [-0.3, -0.25) is 24.1 Å². The molecule has 1 aromatic rings. The van der Waals surface area contributed by atoms with E-state index in [0.717, 1.165) is 4.90 Å². The molecule has 0 aliphatic carbocycles. The lowest BCUT2D eigenvalue weighted by Crippen LogP contribution is -2.45. The zero-order chi connectivity index (χ0) is 20.7. The quantitative estimate of drug-likeness (QED) is 0.542. The monoisotopic (exact) mass is 420 g/mol. The van der Waals surface area contributed by atoms with Gasteiger partial charge in [0.25, 0.3) is 11.8 Å². The molecule has 1 aromatic carbocycles. The fourth-order valence-electron chi connectivity index (χ4n) is 3.00. The number of carbonyl (C=O) groups excluding carboxylic acids is 3. The summed E-state index contributed by atoms with van der Waals surface area (Å²) in [5.41, 5.74) is 0.582. The summed E-state index contributed by atoms with van der Waals surface area (Å²) in [6, 6.07) is 4.65. The molecule has 2 heterocycles. The SMILES string of the molecule is CC(=O)N1C(=O)C(=C2SC(=S)N(C(CC(=O)O)C(=O)O)C2=O)c2ccccc21. The standard InChI is InChI=1S/C17H12N2O7S2/c1-7(20)18-9-5-3-2-4-8(9)12(14(18)23)13-15(24)19(17(27)28-13)10(16(25)26)6-11(21)22/h2-5,10H,6H2,1H3,(H,21,22)(H,25,26). The number of carboxylic acid groups (broad SMARTS) is 2. The number of thiocarbonyl (C=S) groups is 1. The van der Waals surface area contributed by atoms with Crippen LogP contribution in [0, 0.1) is 0 Å². The van der Waals surface area contributed by atoms with Crippen molar-refractivity contribution in [3.63, 3.8) is 0 Å². The Labute approximate surface area is 167 Å². The fourth-order valence-corrected chi connectivity index (χ4v) is 4.43. The lowest BCUT2D eigenvalue weighted by molar-refractivity contribution is -0.150. The molecule has 1 saturated heterocycles. The lowest BCUT2D eigenvalue weighted by Gasteiger charge is -2.21. The smallest absolute Gasteiger partial charge is 0.327 e. The molecule has 0 spiro atoms. The first-order chi connectivity index (χ1) is 13.1. The van der Waals surface area contributed by atoms with Crippen molar-refractivity contribution in [3.05, 3.63) is 34.7 Å². The van der Waals surface area contributed by atoms with Crippen LogP contribution in [0.1, 0.15) is 18.9 Å². The van der Waals surface area contributed by atoms with Crippen molar-refractivity contribution in [2.75, 3.05) is 4.90 Å². The molecule has 2 aliphatic heterocycles. The molecule has 2 aliphatic rings. The molecule has 1 fully saturated rings. The minimum absolute atomic E-state index is 0.0647. The summed E-state index contributed by atoms with van der Waals surface area (Å²) in [7, 11) is 0. The van der Waals surface area contributed by atoms with E-state index < -0.39 is 42.1 Å². The van der Waals surface area contributed by atoms with E-state index in [2.05, 4.69) is 0 Å². The number of thioether (sulfide) groups is 1. The number of anilines is 1. The second-order valence-electron chi connectivity index (χ2n) is 5.88. The Kier molecular flexibility index (Phi) is 5.04. The van der Waals surface area contributed by atoms with Crippen LogP contribution in [0.15, 0.2) is 29.2 Å². The third kappa shape index (κ3) is 3.08. The van der Waals surface area contributed by atoms with E-state index in [-0.39, 0.29) is 14.8 Å². The highest BCUT2D eigenvalue weighted by Gasteiger charge is 2.46. The highest BCUT2D eigenvalue weighted by molar-refractivity contribution is 8.26. The van der Waals surface area contributed by atoms with Crippen molar-refractivity contribution in [2.24, 2.45) is 0 Å². The molecule has 0 bridgehead atoms. The van der Waals surface area contributed by atoms with Gasteiger partial charge in [-0.15, -0.1) is 0 Å². The van der Waals surface area contributed by atoms with Crippen molar-refractivity contribution in [1.82, 2.24) is 4.90 Å². The van der Waals surface area contributed by atoms with E-state index >= 15 is 0 Å². The number of imide groups is 1. The fraction of sp³-hybridized carbons (Fsp3) is 0.176. The molecule has 0 aromatic heterocycles. The first kappa shape index (κ1) is 19.7. The normalized spacial score (nSPS) is 19.8. The highest BCUT2D eigenvalue weighted by atomic mass is 32.2. The number of carboxylic acids is 2. The van der Waals surface area contributed by atoms with Gasteiger partial charge in [0.05, 0.1) is 22.6 Å². The Balaban J connectivity index is 2.13. The summed E-state index contributed by atoms with van der Waals surface area (Å²) in [6.07, 6.45) is -0.853. The molecule has 1 atom stereocenters. The summed E-state index contributed by atoms with van der Waals surface area (Å²) in [4.78, 5) is 61.6. The van der Waals surface area contributed by atoms with E-state index in [1.165, 1.54) is 6.92 Å². The van der Waals surface area contributed by atoms with E-state index in [4.69, 9.17) is 17.3 Å². The van der Waals surface area contributed by atoms with Crippen LogP contribution in [-0.2, 0) is 24.0 Å². The number of para-hydroxylation sites is 1. The van der Waals surface area contributed by atoms with Crippen LogP contribution in [0.4, 0.5) is 5.69 Å². The van der Waals surface area contributed by atoms with Gasteiger partial charge in [-0.05, 0) is 6.07 Å². The first-order valence-corrected chi connectivity index (χ1v) is 9.06. The van der Waals surface area contributed by atoms with E-state index in [1.54, 1.807) is 24.3 Å². The van der Waals surface area contributed by atoms with Crippen LogP contribution in [0.25, 0.3) is 5.57 Å². The number of aliphatic carboxylic acids is 2. The van der Waals surface area contributed by atoms with Crippen LogP contribution in [-0.4, -0.2) is 55.1 Å². The van der Waals surface area contributed by atoms with Crippen molar-refractivity contribution >= 4 is 69.2 Å². The van der Waals surface area contributed by atoms with E-state index in [0.29, 0.717) is 27.9 Å². The summed E-state index contributed by atoms with van der Waals surface area (Å²) in [5.74, 6) is -5.10. The van der Waals surface area contributed by atoms with Crippen LogP contribution in [0.3, 0.4) is 0 Å². The number of hydrogen-bond acceptors (Lipinski definition) is 7. The molecular formula is C17H12N2O7S2. The van der Waals surface area contributed by atoms with Crippen molar-refractivity contribution in [2.45, 2.75) is 19.4 Å². The zero-order valence-electron chi connectivity index (χ0n) is 14.2. The van der Waals surface area contributed by atoms with Crippen molar-refractivity contribution in [3.8, 4) is 0 Å². The van der Waals surface area contributed by atoms with Crippen LogP contribution < -0.4 is 4.90 Å². The van der Waals surface area contributed by atoms with Gasteiger partial charge in [-0.1, -0.05) is 42.2 Å². The van der Waals surface area contributed by atoms with Crippen LogP contribution in [0.2, 0.25) is 0 Å². The van der Waals surface area contributed by atoms with Gasteiger partial charge in [-0.2, -0.15) is 0 Å². The predicted molar refractivity (Wildman–Crippen MR) is 102 cm³/mol. The zero-order valence-corrected chi connectivity index (χ0v) is 15.9. The summed E-state index contributed by atoms with van der Waals surface area (Å²) >= 11 is 5.79. The molecule has 28 heavy (non-hydrogen) atoms. The molecular weight excluding hydrogens is 408 g/mol. The minimum atomic E-state index is -1.71. The molecule has 3 rings (SSSR count). The molecule has 1 unspecified atom stereocenters. The average molecular weight is 420 g/mol. The largest absolute Gasteiger partial charge is 0.481 e. The molecule has 0 radical (unpaired) electrons. The number of fused-ring (bicyclic) bond motifs is 1. The Hall–Kier alpha value is -3.05. The molecule has 0 saturated carbocycles. The maximum Gasteiger partial charge on any atom is 0.327 e. The second kappa shape index (κ2) is 7.17. The van der Waals surface area contributed by atoms with Gasteiger partial charge < -0.3 is 10.2 Å². The topological polar surface area (TPSA) is 132 Å². The Bertz CT molecular complexity index is 1000. The molecule has 9 nitrogen and oxygen atoms in total. The predicted octanol–water partition coefficient (Wildman–Crippen LogP) is 1.08. The summed E-state index contributed by atoms with van der Waals surface area (Å²) in [5, 5.41) is 18.3. The third-order valence-corrected chi connectivity index (χ3v) is 5.54. The van der Waals surface area contributed by atoms with Crippen LogP contribution in [0.5, 0.6) is 0 Å². The number of amides is 3. The number of rotatable bonds is 4. The maximum atomic E-state index is 12.9. The average Bonchev–Trinajstić information content (AvgIpc) is 3.05. The lowest BCUT2D eigenvalue weighted by atomic mass is 10.1. The van der Waals surface area contributed by atoms with Gasteiger partial charge in [-0.25, -0.2) is 9.69 Å². The Morgan fingerprint density at radius 3 is 2.36 bits per heavy atom. The van der Waals surface area contributed by atoms with E-state index in [9.17, 15) is 29.1 Å². The second-order valence-corrected chi connectivity index (χ2v) is 7.52. The van der Waals surface area contributed by atoms with E-state index in [1.807, 2.05) is 0 Å². The Morgan fingerprint density at radius 1 is 1.14 bits per heavy atom. The van der Waals surface area contributed by atoms with Gasteiger partial charge in [0.2, 0.25) is 5.91 Å². The van der Waals surface area contributed by atoms with Crippen LogP contribution >= 0.6 is 24.0 Å². The number of benzene rings is 1. The van der Waals surface area contributed by atoms with Gasteiger partial charge in [0, 0.05) is 12.5 Å². The first-order valence-electron chi connectivity index (χ1n) is 7.83. The molecule has 3 amide bonds. The molecule has 144 valence electrons. The van der Waals surface area contributed by atoms with Crippen molar-refractivity contribution in [1.29, 1.82) is 0 Å². The van der Waals surface area contributed by atoms with Gasteiger partial charge >= 0.3 is 11.9 Å². The van der Waals surface area contributed by atoms with Gasteiger partial charge in [0.15, 0.2) is 0 Å². The maximum absolute atomic E-state index is 12.9. The molecule has 11 heteroatoms. The minimum Gasteiger partial charge on any atom is -0.481 e. The highest BCUT2D eigenvalue weighted by Crippen LogP contribution is 2.45. The van der Waals surface area contributed by atoms with Gasteiger partial charge in [0.1, 0.15) is 10.4 Å².